The van der Waals surface area contributed by atoms with Crippen LogP contribution < -0.4 is 10.6 Å². The molecule has 0 radical (unpaired) electrons. The maximum Gasteiger partial charge on any atom is 0.305 e. The van der Waals surface area contributed by atoms with Crippen molar-refractivity contribution in [3.8, 4) is 0 Å². The van der Waals surface area contributed by atoms with E-state index in [4.69, 9.17) is 9.72 Å². The molecule has 2 N–H and O–H groups in total. The number of nitrogens with zero attached hydrogens (tertiary/aromatic N) is 1. The Kier molecular flexibility index (Phi) is 9.37. The van der Waals surface area contributed by atoms with Crippen molar-refractivity contribution in [2.75, 3.05) is 20.2 Å². The van der Waals surface area contributed by atoms with Gasteiger partial charge >= 0.3 is 5.97 Å². The Morgan fingerprint density at radius 3 is 2.50 bits per heavy atom. The number of piperidine rings is 1. The van der Waals surface area contributed by atoms with E-state index >= 15 is 0 Å². The van der Waals surface area contributed by atoms with Gasteiger partial charge in [0.15, 0.2) is 0 Å². The van der Waals surface area contributed by atoms with Crippen molar-refractivity contribution >= 4 is 40.2 Å². The second-order valence-corrected chi connectivity index (χ2v) is 8.83. The quantitative estimate of drug-likeness (QED) is 0.615. The molecule has 2 fully saturated rings. The second-order valence-electron chi connectivity index (χ2n) is 7.80. The number of carbonyl (C=O) groups excluding carboxylic acids is 2. The molecule has 1 amide bonds. The molecule has 0 aromatic carbocycles. The van der Waals surface area contributed by atoms with E-state index in [0.717, 1.165) is 73.6 Å². The van der Waals surface area contributed by atoms with Gasteiger partial charge in [0.2, 0.25) is 0 Å². The number of hydrogen-bond acceptors (Lipinski definition) is 6. The Bertz CT molecular complexity index is 653. The highest BCUT2D eigenvalue weighted by Gasteiger charge is 2.26. The normalized spacial score (nSPS) is 22.9. The van der Waals surface area contributed by atoms with Crippen molar-refractivity contribution in [2.45, 2.75) is 70.3 Å². The summed E-state index contributed by atoms with van der Waals surface area (Å²) in [6, 6.07) is 0.232. The molecule has 0 unspecified atom stereocenters. The van der Waals surface area contributed by atoms with Gasteiger partial charge in [-0.05, 0) is 70.9 Å². The fraction of sp³-hybridized carbons (Fsp3) is 0.750. The fourth-order valence-corrected chi connectivity index (χ4v) is 5.28. The molecule has 6 nitrogen and oxygen atoms in total. The monoisotopic (exact) mass is 473 g/mol. The first-order valence-electron chi connectivity index (χ1n) is 10.1. The molecular weight excluding hydrogens is 442 g/mol. The van der Waals surface area contributed by atoms with Crippen molar-refractivity contribution in [3.63, 3.8) is 0 Å². The zero-order chi connectivity index (χ0) is 19.2. The average Bonchev–Trinajstić information content (AvgIpc) is 3.09. The van der Waals surface area contributed by atoms with Crippen LogP contribution >= 0.6 is 28.3 Å². The van der Waals surface area contributed by atoms with Crippen LogP contribution in [0.5, 0.6) is 0 Å². The molecule has 0 spiro atoms. The van der Waals surface area contributed by atoms with Gasteiger partial charge in [-0.2, -0.15) is 0 Å². The topological polar surface area (TPSA) is 80.3 Å². The lowest BCUT2D eigenvalue weighted by Gasteiger charge is -2.28. The number of methoxy groups -OCH3 is 1. The molecule has 28 heavy (non-hydrogen) atoms. The Morgan fingerprint density at radius 2 is 1.86 bits per heavy atom. The number of aryl methyl sites for hydroxylation is 1. The van der Waals surface area contributed by atoms with Crippen molar-refractivity contribution in [1.82, 2.24) is 15.6 Å². The number of carbonyl (C=O) groups is 2. The Labute approximate surface area is 182 Å². The predicted octanol–water partition coefficient (Wildman–Crippen LogP) is 3.74. The third-order valence-electron chi connectivity index (χ3n) is 5.87. The lowest BCUT2D eigenvalue weighted by molar-refractivity contribution is -0.141. The number of rotatable bonds is 6. The summed E-state index contributed by atoms with van der Waals surface area (Å²) >= 11 is 1.57. The molecule has 158 valence electrons. The molecule has 1 aromatic rings. The highest BCUT2D eigenvalue weighted by Crippen LogP contribution is 2.32. The van der Waals surface area contributed by atoms with Crippen molar-refractivity contribution in [2.24, 2.45) is 5.92 Å². The van der Waals surface area contributed by atoms with E-state index in [0.29, 0.717) is 18.3 Å². The summed E-state index contributed by atoms with van der Waals surface area (Å²) in [5.41, 5.74) is 0.859. The summed E-state index contributed by atoms with van der Waals surface area (Å²) in [6.45, 7) is 4.01. The van der Waals surface area contributed by atoms with E-state index in [1.807, 2.05) is 6.92 Å². The highest BCUT2D eigenvalue weighted by atomic mass is 79.9. The van der Waals surface area contributed by atoms with Gasteiger partial charge in [0.25, 0.3) is 5.91 Å². The smallest absolute Gasteiger partial charge is 0.305 e. The van der Waals surface area contributed by atoms with Crippen molar-refractivity contribution < 1.29 is 14.3 Å². The fourth-order valence-electron chi connectivity index (χ4n) is 4.14. The number of esters is 1. The summed E-state index contributed by atoms with van der Waals surface area (Å²) in [6.07, 6.45) is 7.67. The third-order valence-corrected chi connectivity index (χ3v) is 7.19. The molecule has 1 aromatic heterocycles. The van der Waals surface area contributed by atoms with Gasteiger partial charge in [0.1, 0.15) is 4.88 Å². The lowest BCUT2D eigenvalue weighted by atomic mass is 9.83. The summed E-state index contributed by atoms with van der Waals surface area (Å²) < 4.78 is 4.72. The standard InChI is InChI=1S/C20H31N3O3S.BrH/c1-13-18(27-20(22-13)15-9-11-21-12-10-15)19(25)23-16-6-3-14(4-7-16)5-8-17(24)26-2;/h14-16,21H,3-12H2,1-2H3,(H,23,25);1H/t14-,16-;. The van der Waals surface area contributed by atoms with E-state index in [1.165, 1.54) is 7.11 Å². The van der Waals surface area contributed by atoms with Crippen LogP contribution in [-0.2, 0) is 9.53 Å². The Balaban J connectivity index is 0.00000280. The second kappa shape index (κ2) is 11.3. The first kappa shape index (κ1) is 23.3. The van der Waals surface area contributed by atoms with E-state index in [2.05, 4.69) is 10.6 Å². The molecule has 1 aliphatic carbocycles. The number of hydrogen-bond donors (Lipinski definition) is 2. The highest BCUT2D eigenvalue weighted by molar-refractivity contribution is 8.93. The molecule has 2 heterocycles. The Hall–Kier alpha value is -0.990. The number of thiazole rings is 1. The minimum absolute atomic E-state index is 0. The van der Waals surface area contributed by atoms with E-state index in [1.54, 1.807) is 11.3 Å². The third kappa shape index (κ3) is 6.26. The first-order chi connectivity index (χ1) is 13.1. The number of halogens is 1. The van der Waals surface area contributed by atoms with Crippen LogP contribution in [0.25, 0.3) is 0 Å². The van der Waals surface area contributed by atoms with E-state index < -0.39 is 0 Å². The summed E-state index contributed by atoms with van der Waals surface area (Å²) in [7, 11) is 1.44. The van der Waals surface area contributed by atoms with Crippen LogP contribution in [0.2, 0.25) is 0 Å². The van der Waals surface area contributed by atoms with Gasteiger partial charge in [-0.1, -0.05) is 0 Å². The largest absolute Gasteiger partial charge is 0.469 e. The van der Waals surface area contributed by atoms with Gasteiger partial charge in [-0.3, -0.25) is 9.59 Å². The number of nitrogens with one attached hydrogen (secondary N) is 2. The predicted molar refractivity (Wildman–Crippen MR) is 116 cm³/mol. The molecule has 8 heteroatoms. The number of aromatic nitrogens is 1. The molecule has 0 bridgehead atoms. The van der Waals surface area contributed by atoms with Crippen LogP contribution in [0.3, 0.4) is 0 Å². The molecular formula is C20H32BrN3O3S. The minimum atomic E-state index is -0.129. The minimum Gasteiger partial charge on any atom is -0.469 e. The zero-order valence-electron chi connectivity index (χ0n) is 16.8. The summed E-state index contributed by atoms with van der Waals surface area (Å²) in [5.74, 6) is 0.953. The average molecular weight is 474 g/mol. The molecule has 1 saturated heterocycles. The SMILES string of the molecule is Br.COC(=O)CC[C@H]1CC[C@H](NC(=O)c2sc(C3CCNCC3)nc2C)CC1. The zero-order valence-corrected chi connectivity index (χ0v) is 19.3. The van der Waals surface area contributed by atoms with Crippen LogP contribution in [-0.4, -0.2) is 43.1 Å². The van der Waals surface area contributed by atoms with Gasteiger partial charge in [-0.25, -0.2) is 4.98 Å². The molecule has 1 aliphatic heterocycles. The molecule has 1 saturated carbocycles. The van der Waals surface area contributed by atoms with Crippen molar-refractivity contribution in [1.29, 1.82) is 0 Å². The first-order valence-corrected chi connectivity index (χ1v) is 10.9. The summed E-state index contributed by atoms with van der Waals surface area (Å²) in [4.78, 5) is 29.5. The number of ether oxygens (including phenoxy) is 1. The van der Waals surface area contributed by atoms with Gasteiger partial charge in [0.05, 0.1) is 17.8 Å². The van der Waals surface area contributed by atoms with Gasteiger partial charge in [0, 0.05) is 18.4 Å². The van der Waals surface area contributed by atoms with E-state index in [-0.39, 0.29) is 34.9 Å². The Morgan fingerprint density at radius 1 is 1.18 bits per heavy atom. The maximum absolute atomic E-state index is 12.8. The van der Waals surface area contributed by atoms with Crippen LogP contribution in [0, 0.1) is 12.8 Å². The van der Waals surface area contributed by atoms with Gasteiger partial charge < -0.3 is 15.4 Å². The molecule has 3 rings (SSSR count). The molecule has 2 aliphatic rings. The summed E-state index contributed by atoms with van der Waals surface area (Å²) in [5, 5.41) is 7.71. The lowest BCUT2D eigenvalue weighted by Crippen LogP contribution is -2.37. The maximum atomic E-state index is 12.8. The van der Waals surface area contributed by atoms with Crippen LogP contribution in [0.15, 0.2) is 0 Å². The number of amides is 1. The molecule has 0 atom stereocenters. The van der Waals surface area contributed by atoms with Crippen molar-refractivity contribution in [3.05, 3.63) is 15.6 Å². The van der Waals surface area contributed by atoms with Crippen LogP contribution in [0.1, 0.15) is 77.7 Å². The van der Waals surface area contributed by atoms with Gasteiger partial charge in [-0.15, -0.1) is 28.3 Å². The van der Waals surface area contributed by atoms with E-state index in [9.17, 15) is 9.59 Å². The van der Waals surface area contributed by atoms with Crippen LogP contribution in [0.4, 0.5) is 0 Å².